The molecule has 2 atom stereocenters. The lowest BCUT2D eigenvalue weighted by molar-refractivity contribution is -0.0465. The van der Waals surface area contributed by atoms with Crippen LogP contribution in [0.2, 0.25) is 0 Å². The molecule has 0 saturated carbocycles. The lowest BCUT2D eigenvalue weighted by atomic mass is 10.2. The zero-order valence-electron chi connectivity index (χ0n) is 11.9. The average molecular weight is 294 g/mol. The minimum atomic E-state index is 0.0360. The van der Waals surface area contributed by atoms with Gasteiger partial charge in [0.1, 0.15) is 11.1 Å². The molecule has 0 radical (unpaired) electrons. The summed E-state index contributed by atoms with van der Waals surface area (Å²) in [7, 11) is 0. The molecule has 2 aromatic heterocycles. The molecule has 0 aliphatic carbocycles. The van der Waals surface area contributed by atoms with Crippen LogP contribution in [0.5, 0.6) is 0 Å². The maximum atomic E-state index is 5.84. The summed E-state index contributed by atoms with van der Waals surface area (Å²) in [5.74, 6) is 1.27. The van der Waals surface area contributed by atoms with Crippen molar-refractivity contribution in [2.45, 2.75) is 32.9 Å². The Bertz CT molecular complexity index is 544. The maximum Gasteiger partial charge on any atom is 0.233 e. The van der Waals surface area contributed by atoms with Crippen LogP contribution in [-0.4, -0.2) is 39.8 Å². The fraction of sp³-hybridized carbons (Fsp3) is 0.615. The van der Waals surface area contributed by atoms with Gasteiger partial charge in [-0.05, 0) is 13.8 Å². The van der Waals surface area contributed by atoms with E-state index < -0.39 is 0 Å². The molecule has 0 aromatic carbocycles. The van der Waals surface area contributed by atoms with Crippen LogP contribution in [0.1, 0.15) is 41.6 Å². The normalized spacial score (nSPS) is 22.1. The number of thiazole rings is 1. The van der Waals surface area contributed by atoms with E-state index in [0.717, 1.165) is 23.8 Å². The molecule has 0 spiro atoms. The van der Waals surface area contributed by atoms with E-state index in [1.54, 1.807) is 11.3 Å². The SMILES string of the molecule is Cc1csc([C@H]2CN([C@@H](C)c3nnc(C)o3)CCO2)n1. The Kier molecular flexibility index (Phi) is 3.82. The van der Waals surface area contributed by atoms with Gasteiger partial charge in [0.2, 0.25) is 11.8 Å². The van der Waals surface area contributed by atoms with Crippen LogP contribution in [-0.2, 0) is 4.74 Å². The highest BCUT2D eigenvalue weighted by atomic mass is 32.1. The zero-order valence-corrected chi connectivity index (χ0v) is 12.7. The number of aromatic nitrogens is 3. The van der Waals surface area contributed by atoms with Crippen LogP contribution in [0.25, 0.3) is 0 Å². The Balaban J connectivity index is 1.71. The van der Waals surface area contributed by atoms with E-state index in [9.17, 15) is 0 Å². The van der Waals surface area contributed by atoms with Gasteiger partial charge in [-0.25, -0.2) is 4.98 Å². The Morgan fingerprint density at radius 1 is 1.40 bits per heavy atom. The molecule has 3 rings (SSSR count). The van der Waals surface area contributed by atoms with Gasteiger partial charge in [-0.15, -0.1) is 21.5 Å². The van der Waals surface area contributed by atoms with Crippen molar-refractivity contribution in [3.05, 3.63) is 27.9 Å². The molecule has 1 saturated heterocycles. The molecule has 7 heteroatoms. The Hall–Kier alpha value is -1.31. The van der Waals surface area contributed by atoms with Gasteiger partial charge in [0.05, 0.1) is 12.6 Å². The summed E-state index contributed by atoms with van der Waals surface area (Å²) in [5.41, 5.74) is 1.05. The summed E-state index contributed by atoms with van der Waals surface area (Å²) in [6.45, 7) is 8.26. The molecule has 1 aliphatic rings. The molecule has 20 heavy (non-hydrogen) atoms. The summed E-state index contributed by atoms with van der Waals surface area (Å²) in [6, 6.07) is 0.101. The molecule has 0 amide bonds. The van der Waals surface area contributed by atoms with E-state index in [-0.39, 0.29) is 12.1 Å². The van der Waals surface area contributed by atoms with Crippen molar-refractivity contribution >= 4 is 11.3 Å². The number of nitrogens with zero attached hydrogens (tertiary/aromatic N) is 4. The highest BCUT2D eigenvalue weighted by molar-refractivity contribution is 7.09. The van der Waals surface area contributed by atoms with Gasteiger partial charge in [0.15, 0.2) is 0 Å². The topological polar surface area (TPSA) is 64.3 Å². The molecule has 6 nitrogen and oxygen atoms in total. The molecule has 1 fully saturated rings. The van der Waals surface area contributed by atoms with Gasteiger partial charge >= 0.3 is 0 Å². The van der Waals surface area contributed by atoms with Gasteiger partial charge in [-0.1, -0.05) is 0 Å². The van der Waals surface area contributed by atoms with E-state index >= 15 is 0 Å². The van der Waals surface area contributed by atoms with Crippen LogP contribution in [0.4, 0.5) is 0 Å². The van der Waals surface area contributed by atoms with E-state index in [2.05, 4.69) is 32.4 Å². The molecule has 0 unspecified atom stereocenters. The Morgan fingerprint density at radius 3 is 2.90 bits per heavy atom. The summed E-state index contributed by atoms with van der Waals surface area (Å²) in [5, 5.41) is 11.1. The van der Waals surface area contributed by atoms with E-state index in [1.165, 1.54) is 0 Å². The number of rotatable bonds is 3. The molecule has 1 aliphatic heterocycles. The van der Waals surface area contributed by atoms with Crippen LogP contribution < -0.4 is 0 Å². The minimum Gasteiger partial charge on any atom is -0.424 e. The molecule has 3 heterocycles. The van der Waals surface area contributed by atoms with Crippen LogP contribution >= 0.6 is 11.3 Å². The second-order valence-corrected chi connectivity index (χ2v) is 5.91. The number of morpholine rings is 1. The monoisotopic (exact) mass is 294 g/mol. The highest BCUT2D eigenvalue weighted by Gasteiger charge is 2.29. The van der Waals surface area contributed by atoms with Gasteiger partial charge in [0.25, 0.3) is 0 Å². The third-order valence-corrected chi connectivity index (χ3v) is 4.51. The predicted octanol–water partition coefficient (Wildman–Crippen LogP) is 2.28. The second-order valence-electron chi connectivity index (χ2n) is 5.02. The average Bonchev–Trinajstić information content (AvgIpc) is 3.07. The summed E-state index contributed by atoms with van der Waals surface area (Å²) >= 11 is 1.66. The van der Waals surface area contributed by atoms with Crippen LogP contribution in [0, 0.1) is 13.8 Å². The first kappa shape index (κ1) is 13.7. The van der Waals surface area contributed by atoms with Gasteiger partial charge in [-0.3, -0.25) is 4.90 Å². The highest BCUT2D eigenvalue weighted by Crippen LogP contribution is 2.29. The fourth-order valence-electron chi connectivity index (χ4n) is 2.33. The largest absolute Gasteiger partial charge is 0.424 e. The van der Waals surface area contributed by atoms with Crippen LogP contribution in [0.3, 0.4) is 0 Å². The first-order valence-corrected chi connectivity index (χ1v) is 7.59. The van der Waals surface area contributed by atoms with Gasteiger partial charge in [-0.2, -0.15) is 0 Å². The van der Waals surface area contributed by atoms with Crippen molar-refractivity contribution in [2.75, 3.05) is 19.7 Å². The van der Waals surface area contributed by atoms with Crippen molar-refractivity contribution in [3.63, 3.8) is 0 Å². The van der Waals surface area contributed by atoms with Crippen molar-refractivity contribution < 1.29 is 9.15 Å². The maximum absolute atomic E-state index is 5.84. The third kappa shape index (κ3) is 2.74. The first-order valence-electron chi connectivity index (χ1n) is 6.71. The summed E-state index contributed by atoms with van der Waals surface area (Å²) in [4.78, 5) is 6.82. The minimum absolute atomic E-state index is 0.0360. The van der Waals surface area contributed by atoms with Gasteiger partial charge < -0.3 is 9.15 Å². The molecular weight excluding hydrogens is 276 g/mol. The second kappa shape index (κ2) is 5.59. The van der Waals surface area contributed by atoms with E-state index in [1.807, 2.05) is 13.8 Å². The predicted molar refractivity (Wildman–Crippen MR) is 74.6 cm³/mol. The fourth-order valence-corrected chi connectivity index (χ4v) is 3.16. The first-order chi connectivity index (χ1) is 9.63. The number of hydrogen-bond donors (Lipinski definition) is 0. The lowest BCUT2D eigenvalue weighted by Gasteiger charge is -2.34. The molecule has 108 valence electrons. The molecule has 0 bridgehead atoms. The quantitative estimate of drug-likeness (QED) is 0.865. The van der Waals surface area contributed by atoms with E-state index in [0.29, 0.717) is 18.4 Å². The van der Waals surface area contributed by atoms with Crippen molar-refractivity contribution in [2.24, 2.45) is 0 Å². The summed E-state index contributed by atoms with van der Waals surface area (Å²) in [6.07, 6.45) is 0.0360. The van der Waals surface area contributed by atoms with E-state index in [4.69, 9.17) is 9.15 Å². The summed E-state index contributed by atoms with van der Waals surface area (Å²) < 4.78 is 11.4. The van der Waals surface area contributed by atoms with Crippen molar-refractivity contribution in [1.29, 1.82) is 0 Å². The number of hydrogen-bond acceptors (Lipinski definition) is 7. The van der Waals surface area contributed by atoms with Crippen LogP contribution in [0.15, 0.2) is 9.80 Å². The Morgan fingerprint density at radius 2 is 2.25 bits per heavy atom. The lowest BCUT2D eigenvalue weighted by Crippen LogP contribution is -2.40. The Labute approximate surface area is 121 Å². The molecule has 0 N–H and O–H groups in total. The third-order valence-electron chi connectivity index (χ3n) is 3.46. The molecule has 2 aromatic rings. The van der Waals surface area contributed by atoms with Crippen molar-refractivity contribution in [3.8, 4) is 0 Å². The molecular formula is C13H18N4O2S. The standard InChI is InChI=1S/C13H18N4O2S/c1-8-7-20-13(14-8)11-6-17(4-5-18-11)9(2)12-16-15-10(3)19-12/h7,9,11H,4-6H2,1-3H3/t9-,11+/m0/s1. The van der Waals surface area contributed by atoms with Gasteiger partial charge in [0, 0.05) is 31.1 Å². The zero-order chi connectivity index (χ0) is 14.1. The number of aryl methyl sites for hydroxylation is 2. The number of ether oxygens (including phenoxy) is 1. The smallest absolute Gasteiger partial charge is 0.233 e. The van der Waals surface area contributed by atoms with Crippen molar-refractivity contribution in [1.82, 2.24) is 20.1 Å².